The lowest BCUT2D eigenvalue weighted by molar-refractivity contribution is 0.670. The number of para-hydroxylation sites is 6. The zero-order chi connectivity index (χ0) is 80.0. The molecule has 20 aromatic carbocycles. The molecule has 0 spiro atoms. The van der Waals surface area contributed by atoms with Crippen LogP contribution in [0.5, 0.6) is 0 Å². The van der Waals surface area contributed by atoms with Gasteiger partial charge in [0.15, 0.2) is 0 Å². The third-order valence-electron chi connectivity index (χ3n) is 25.8. The van der Waals surface area contributed by atoms with Crippen molar-refractivity contribution in [2.24, 2.45) is 0 Å². The van der Waals surface area contributed by atoms with E-state index in [1.807, 2.05) is 6.07 Å². The molecular formula is C117H74N4O. The van der Waals surface area contributed by atoms with E-state index in [-0.39, 0.29) is 0 Å². The highest BCUT2D eigenvalue weighted by atomic mass is 16.3. The van der Waals surface area contributed by atoms with Gasteiger partial charge in [-0.1, -0.05) is 285 Å². The van der Waals surface area contributed by atoms with Gasteiger partial charge in [-0.15, -0.1) is 0 Å². The maximum absolute atomic E-state index is 6.51. The average Bonchev–Trinajstić information content (AvgIpc) is 1.59. The van der Waals surface area contributed by atoms with Crippen molar-refractivity contribution in [3.63, 3.8) is 0 Å². The summed E-state index contributed by atoms with van der Waals surface area (Å²) in [6, 6.07) is 160. The van der Waals surface area contributed by atoms with Gasteiger partial charge in [0.05, 0.1) is 44.1 Å². The SMILES string of the molecule is c1ccc(-n2c3ccc(-c4ccc5c(c4)c4ccccc4n5-c4ccc(-c5ccc6ccccc6c5)cc4)cc3c3cc(-c4cccc5c4-c4ccccc4C5)ccc32)cc1.c1ccc(-n2c3ccc(-c4ccc5c(c4)c4ccccc4n5-c4ccc(-c5ccc6ccccc6c5)cc4)cc3c3cc(-c4cccc5c4oc4ccccc45)ccc32)cc1. The average molecular weight is 1550 g/mol. The third-order valence-corrected chi connectivity index (χ3v) is 25.8. The topological polar surface area (TPSA) is 32.9 Å². The lowest BCUT2D eigenvalue weighted by atomic mass is 9.93. The quantitative estimate of drug-likeness (QED) is 0.134. The van der Waals surface area contributed by atoms with E-state index in [1.54, 1.807) is 0 Å². The summed E-state index contributed by atoms with van der Waals surface area (Å²) >= 11 is 0. The van der Waals surface area contributed by atoms with Crippen LogP contribution in [0.1, 0.15) is 11.1 Å². The van der Waals surface area contributed by atoms with Crippen molar-refractivity contribution in [3.8, 4) is 101 Å². The van der Waals surface area contributed by atoms with E-state index in [9.17, 15) is 0 Å². The lowest BCUT2D eigenvalue weighted by Gasteiger charge is -2.11. The molecule has 5 heterocycles. The second-order valence-electron chi connectivity index (χ2n) is 32.6. The summed E-state index contributed by atoms with van der Waals surface area (Å²) in [6.07, 6.45) is 0.986. The first-order valence-corrected chi connectivity index (χ1v) is 42.1. The van der Waals surface area contributed by atoms with Gasteiger partial charge >= 0.3 is 0 Å². The minimum atomic E-state index is 0.909. The number of furan rings is 1. The van der Waals surface area contributed by atoms with Crippen LogP contribution in [0.25, 0.3) is 231 Å². The minimum Gasteiger partial charge on any atom is -0.455 e. The van der Waals surface area contributed by atoms with E-state index in [4.69, 9.17) is 4.42 Å². The number of rotatable bonds is 10. The normalized spacial score (nSPS) is 12.1. The predicted octanol–water partition coefficient (Wildman–Crippen LogP) is 31.5. The molecule has 568 valence electrons. The highest BCUT2D eigenvalue weighted by Gasteiger charge is 2.25. The Bertz CT molecular complexity index is 8590. The Labute approximate surface area is 703 Å². The maximum Gasteiger partial charge on any atom is 0.143 e. The molecule has 122 heavy (non-hydrogen) atoms. The molecule has 0 aliphatic heterocycles. The van der Waals surface area contributed by atoms with Crippen molar-refractivity contribution < 1.29 is 4.42 Å². The number of nitrogens with zero attached hydrogens (tertiary/aromatic N) is 4. The highest BCUT2D eigenvalue weighted by molar-refractivity contribution is 6.17. The first kappa shape index (κ1) is 69.1. The van der Waals surface area contributed by atoms with Crippen molar-refractivity contribution in [2.45, 2.75) is 6.42 Å². The summed E-state index contributed by atoms with van der Waals surface area (Å²) in [4.78, 5) is 0. The summed E-state index contributed by atoms with van der Waals surface area (Å²) < 4.78 is 16.1. The van der Waals surface area contributed by atoms with Crippen LogP contribution in [0.2, 0.25) is 0 Å². The zero-order valence-corrected chi connectivity index (χ0v) is 66.5. The van der Waals surface area contributed by atoms with E-state index >= 15 is 0 Å². The molecular weight excluding hydrogens is 1480 g/mol. The molecule has 26 rings (SSSR count). The fourth-order valence-corrected chi connectivity index (χ4v) is 20.1. The van der Waals surface area contributed by atoms with E-state index in [0.29, 0.717) is 0 Å². The summed E-state index contributed by atoms with van der Waals surface area (Å²) in [5, 5.41) is 17.2. The fourth-order valence-electron chi connectivity index (χ4n) is 20.1. The van der Waals surface area contributed by atoms with E-state index in [1.165, 1.54) is 187 Å². The Kier molecular flexibility index (Phi) is 15.7. The van der Waals surface area contributed by atoms with Crippen LogP contribution in [0.15, 0.2) is 441 Å². The van der Waals surface area contributed by atoms with Crippen LogP contribution in [-0.4, -0.2) is 18.3 Å². The summed E-state index contributed by atoms with van der Waals surface area (Å²) in [7, 11) is 0. The Hall–Kier alpha value is -16.1. The van der Waals surface area contributed by atoms with E-state index in [2.05, 4.69) is 449 Å². The third kappa shape index (κ3) is 11.2. The number of hydrogen-bond acceptors (Lipinski definition) is 1. The van der Waals surface area contributed by atoms with Crippen molar-refractivity contribution in [1.29, 1.82) is 0 Å². The Morgan fingerprint density at radius 1 is 0.172 bits per heavy atom. The largest absolute Gasteiger partial charge is 0.455 e. The van der Waals surface area contributed by atoms with Crippen molar-refractivity contribution >= 4 is 131 Å². The van der Waals surface area contributed by atoms with Crippen molar-refractivity contribution in [3.05, 3.63) is 448 Å². The molecule has 1 aliphatic carbocycles. The van der Waals surface area contributed by atoms with Crippen LogP contribution in [0.3, 0.4) is 0 Å². The molecule has 0 saturated heterocycles. The van der Waals surface area contributed by atoms with Gasteiger partial charge in [0.1, 0.15) is 11.2 Å². The van der Waals surface area contributed by atoms with Gasteiger partial charge in [-0.2, -0.15) is 0 Å². The molecule has 0 bridgehead atoms. The molecule has 0 saturated carbocycles. The van der Waals surface area contributed by atoms with E-state index in [0.717, 1.165) is 62.2 Å². The summed E-state index contributed by atoms with van der Waals surface area (Å²) in [5.41, 5.74) is 36.0. The minimum absolute atomic E-state index is 0.909. The van der Waals surface area contributed by atoms with E-state index < -0.39 is 0 Å². The van der Waals surface area contributed by atoms with Crippen LogP contribution in [-0.2, 0) is 6.42 Å². The Morgan fingerprint density at radius 3 is 0.975 bits per heavy atom. The molecule has 0 unspecified atom stereocenters. The van der Waals surface area contributed by atoms with Gasteiger partial charge in [0.2, 0.25) is 0 Å². The first-order chi connectivity index (χ1) is 60.5. The van der Waals surface area contributed by atoms with Crippen LogP contribution in [0.4, 0.5) is 0 Å². The Morgan fingerprint density at radius 2 is 0.484 bits per heavy atom. The fraction of sp³-hybridized carbons (Fsp3) is 0.00855. The van der Waals surface area contributed by atoms with Gasteiger partial charge in [-0.05, 0) is 263 Å². The van der Waals surface area contributed by atoms with Gasteiger partial charge < -0.3 is 22.7 Å². The highest BCUT2D eigenvalue weighted by Crippen LogP contribution is 2.48. The molecule has 0 N–H and O–H groups in total. The number of hydrogen-bond donors (Lipinski definition) is 0. The van der Waals surface area contributed by atoms with Gasteiger partial charge in [-0.25, -0.2) is 0 Å². The van der Waals surface area contributed by atoms with Gasteiger partial charge in [0, 0.05) is 82.2 Å². The van der Waals surface area contributed by atoms with Gasteiger partial charge in [-0.3, -0.25) is 0 Å². The molecule has 25 aromatic rings. The number of aromatic nitrogens is 4. The lowest BCUT2D eigenvalue weighted by Crippen LogP contribution is -1.94. The maximum atomic E-state index is 6.51. The molecule has 0 atom stereocenters. The van der Waals surface area contributed by atoms with Crippen LogP contribution in [0, 0.1) is 0 Å². The molecule has 5 aromatic heterocycles. The van der Waals surface area contributed by atoms with Gasteiger partial charge in [0.25, 0.3) is 0 Å². The summed E-state index contributed by atoms with van der Waals surface area (Å²) in [5.74, 6) is 0. The first-order valence-electron chi connectivity index (χ1n) is 42.1. The second kappa shape index (κ2) is 27.8. The molecule has 1 aliphatic rings. The zero-order valence-electron chi connectivity index (χ0n) is 66.5. The molecule has 5 nitrogen and oxygen atoms in total. The van der Waals surface area contributed by atoms with Crippen molar-refractivity contribution in [1.82, 2.24) is 18.3 Å². The van der Waals surface area contributed by atoms with Crippen LogP contribution >= 0.6 is 0 Å². The predicted molar refractivity (Wildman–Crippen MR) is 513 cm³/mol. The molecule has 0 radical (unpaired) electrons. The molecule has 5 heteroatoms. The Balaban J connectivity index is 0.000000134. The monoisotopic (exact) mass is 1550 g/mol. The molecule has 0 fully saturated rings. The number of fused-ring (bicyclic) bond motifs is 20. The summed E-state index contributed by atoms with van der Waals surface area (Å²) in [6.45, 7) is 0. The second-order valence-corrected chi connectivity index (χ2v) is 32.6. The number of benzene rings is 20. The smallest absolute Gasteiger partial charge is 0.143 e. The standard InChI is InChI=1S/C59H38N2.C58H36N2O/c1-2-15-47(16-3-1)60-57-31-26-43(36-53(57)54-37-45(27-32-58(54)60)50-19-10-14-46-34-44-13-6-7-17-49(44)59(46)50)42-25-30-56-52(35-42)51-18-8-9-20-55(51)61(56)48-28-23-39(24-29-48)41-22-21-38-11-4-5-12-40(38)33-41;1-2-13-44(14-3-1)59-55-31-26-42(35-51(55)52-36-43(27-32-56(52)59)46-17-10-18-49-48-16-7-9-20-57(48)61-58(46)49)41-25-30-54-50(34-41)47-15-6-8-19-53(47)60(54)45-28-23-38(24-29-45)40-22-21-37-11-4-5-12-39(37)33-40/h1-33,35-37H,34H2;1-36H. The van der Waals surface area contributed by atoms with Crippen molar-refractivity contribution in [2.75, 3.05) is 0 Å². The molecule has 0 amide bonds. The van der Waals surface area contributed by atoms with Crippen LogP contribution < -0.4 is 0 Å².